The van der Waals surface area contributed by atoms with Gasteiger partial charge < -0.3 is 0 Å². The van der Waals surface area contributed by atoms with E-state index in [-0.39, 0.29) is 11.7 Å². The van der Waals surface area contributed by atoms with E-state index in [1.807, 2.05) is 0 Å². The van der Waals surface area contributed by atoms with Gasteiger partial charge >= 0.3 is 0 Å². The molecule has 0 saturated carbocycles. The van der Waals surface area contributed by atoms with Crippen LogP contribution in [0.1, 0.15) is 52.3 Å². The van der Waals surface area contributed by atoms with Gasteiger partial charge in [0.1, 0.15) is 0 Å². The Morgan fingerprint density at radius 3 is 2.40 bits per heavy atom. The fraction of sp³-hybridized carbons (Fsp3) is 0.267. The maximum Gasteiger partial charge on any atom is 0.258 e. The number of rotatable bonds is 4. The van der Waals surface area contributed by atoms with Crippen LogP contribution in [0.5, 0.6) is 0 Å². The Morgan fingerprint density at radius 1 is 1.20 bits per heavy atom. The van der Waals surface area contributed by atoms with Crippen molar-refractivity contribution in [2.24, 2.45) is 0 Å². The number of hydrogen-bond acceptors (Lipinski definition) is 4. The van der Waals surface area contributed by atoms with Crippen LogP contribution in [0, 0.1) is 0 Å². The smallest absolute Gasteiger partial charge is 0.258 e. The second kappa shape index (κ2) is 5.96. The Bertz CT molecular complexity index is 647. The molecule has 0 saturated heterocycles. The SMILES string of the molecule is CC(=O)c1ccccc1C(=O)Nc1ncc(C(C)C)s1. The van der Waals surface area contributed by atoms with Gasteiger partial charge in [-0.05, 0) is 18.9 Å². The maximum atomic E-state index is 12.2. The first-order chi connectivity index (χ1) is 9.49. The molecule has 1 heterocycles. The number of Topliss-reactive ketones (excluding diaryl/α,β-unsaturated/α-hetero) is 1. The van der Waals surface area contributed by atoms with Gasteiger partial charge in [-0.15, -0.1) is 11.3 Å². The van der Waals surface area contributed by atoms with Crippen LogP contribution in [0.4, 0.5) is 5.13 Å². The minimum Gasteiger partial charge on any atom is -0.298 e. The van der Waals surface area contributed by atoms with Gasteiger partial charge in [0.25, 0.3) is 5.91 Å². The summed E-state index contributed by atoms with van der Waals surface area (Å²) >= 11 is 1.45. The molecule has 2 rings (SSSR count). The lowest BCUT2D eigenvalue weighted by molar-refractivity contribution is 0.0985. The lowest BCUT2D eigenvalue weighted by Crippen LogP contribution is -2.15. The van der Waals surface area contributed by atoms with E-state index >= 15 is 0 Å². The van der Waals surface area contributed by atoms with E-state index < -0.39 is 0 Å². The lowest BCUT2D eigenvalue weighted by atomic mass is 10.0. The number of hydrogen-bond donors (Lipinski definition) is 1. The summed E-state index contributed by atoms with van der Waals surface area (Å²) in [6, 6.07) is 6.78. The Labute approximate surface area is 121 Å². The molecular weight excluding hydrogens is 272 g/mol. The third-order valence-electron chi connectivity index (χ3n) is 2.86. The summed E-state index contributed by atoms with van der Waals surface area (Å²) in [7, 11) is 0. The molecule has 0 aliphatic carbocycles. The summed E-state index contributed by atoms with van der Waals surface area (Å²) in [4.78, 5) is 29.0. The van der Waals surface area contributed by atoms with E-state index in [1.165, 1.54) is 18.3 Å². The number of amides is 1. The number of carbonyl (C=O) groups excluding carboxylic acids is 2. The summed E-state index contributed by atoms with van der Waals surface area (Å²) in [5.74, 6) is -0.0547. The number of anilines is 1. The van der Waals surface area contributed by atoms with Gasteiger partial charge in [0.2, 0.25) is 0 Å². The highest BCUT2D eigenvalue weighted by Gasteiger charge is 2.15. The summed E-state index contributed by atoms with van der Waals surface area (Å²) in [5, 5.41) is 3.30. The standard InChI is InChI=1S/C15H16N2O2S/c1-9(2)13-8-16-15(20-13)17-14(19)12-7-5-4-6-11(12)10(3)18/h4-9H,1-3H3,(H,16,17,19). The zero-order valence-corrected chi connectivity index (χ0v) is 12.5. The first-order valence-electron chi connectivity index (χ1n) is 6.36. The van der Waals surface area contributed by atoms with Crippen LogP contribution in [0.15, 0.2) is 30.5 Å². The third-order valence-corrected chi connectivity index (χ3v) is 4.08. The minimum atomic E-state index is -0.305. The molecule has 1 aromatic carbocycles. The minimum absolute atomic E-state index is 0.127. The summed E-state index contributed by atoms with van der Waals surface area (Å²) in [6.07, 6.45) is 1.77. The predicted molar refractivity (Wildman–Crippen MR) is 80.6 cm³/mol. The van der Waals surface area contributed by atoms with Crippen molar-refractivity contribution in [1.82, 2.24) is 4.98 Å². The number of nitrogens with zero attached hydrogens (tertiary/aromatic N) is 1. The molecule has 4 nitrogen and oxygen atoms in total. The molecule has 20 heavy (non-hydrogen) atoms. The topological polar surface area (TPSA) is 59.1 Å². The molecule has 5 heteroatoms. The van der Waals surface area contributed by atoms with E-state index in [2.05, 4.69) is 24.1 Å². The first kappa shape index (κ1) is 14.4. The van der Waals surface area contributed by atoms with Gasteiger partial charge in [-0.25, -0.2) is 4.98 Å². The molecule has 0 aliphatic heterocycles. The molecule has 0 aliphatic rings. The van der Waals surface area contributed by atoms with E-state index in [0.717, 1.165) is 4.88 Å². The van der Waals surface area contributed by atoms with Crippen LogP contribution in [0.3, 0.4) is 0 Å². The molecule has 0 bridgehead atoms. The molecule has 0 unspecified atom stereocenters. The van der Waals surface area contributed by atoms with Crippen LogP contribution < -0.4 is 5.32 Å². The van der Waals surface area contributed by atoms with Crippen LogP contribution in [-0.4, -0.2) is 16.7 Å². The quantitative estimate of drug-likeness (QED) is 0.872. The normalized spacial score (nSPS) is 10.6. The Hall–Kier alpha value is -2.01. The lowest BCUT2D eigenvalue weighted by Gasteiger charge is -2.06. The average molecular weight is 288 g/mol. The summed E-state index contributed by atoms with van der Waals surface area (Å²) < 4.78 is 0. The highest BCUT2D eigenvalue weighted by atomic mass is 32.1. The molecule has 0 fully saturated rings. The molecule has 104 valence electrons. The highest BCUT2D eigenvalue weighted by Crippen LogP contribution is 2.25. The van der Waals surface area contributed by atoms with Gasteiger partial charge in [-0.2, -0.15) is 0 Å². The highest BCUT2D eigenvalue weighted by molar-refractivity contribution is 7.15. The molecular formula is C15H16N2O2S. The van der Waals surface area contributed by atoms with Crippen LogP contribution >= 0.6 is 11.3 Å². The van der Waals surface area contributed by atoms with Crippen LogP contribution in [0.2, 0.25) is 0 Å². The Kier molecular flexibility index (Phi) is 4.29. The monoisotopic (exact) mass is 288 g/mol. The summed E-state index contributed by atoms with van der Waals surface area (Å²) in [5.41, 5.74) is 0.798. The van der Waals surface area contributed by atoms with Crippen molar-refractivity contribution in [1.29, 1.82) is 0 Å². The maximum absolute atomic E-state index is 12.2. The van der Waals surface area contributed by atoms with Crippen molar-refractivity contribution in [3.63, 3.8) is 0 Å². The third kappa shape index (κ3) is 3.11. The number of thiazole rings is 1. The second-order valence-corrected chi connectivity index (χ2v) is 5.84. The van der Waals surface area contributed by atoms with E-state index in [4.69, 9.17) is 0 Å². The largest absolute Gasteiger partial charge is 0.298 e. The average Bonchev–Trinajstić information content (AvgIpc) is 2.87. The Morgan fingerprint density at radius 2 is 1.85 bits per heavy atom. The molecule has 0 radical (unpaired) electrons. The number of nitrogens with one attached hydrogen (secondary N) is 1. The first-order valence-corrected chi connectivity index (χ1v) is 7.17. The van der Waals surface area contributed by atoms with E-state index in [0.29, 0.717) is 22.2 Å². The number of benzene rings is 1. The molecule has 1 amide bonds. The van der Waals surface area contributed by atoms with Gasteiger partial charge in [-0.3, -0.25) is 14.9 Å². The number of aromatic nitrogens is 1. The van der Waals surface area contributed by atoms with Crippen molar-refractivity contribution in [3.8, 4) is 0 Å². The molecule has 0 spiro atoms. The van der Waals surface area contributed by atoms with Crippen molar-refractivity contribution < 1.29 is 9.59 Å². The zero-order chi connectivity index (χ0) is 14.7. The second-order valence-electron chi connectivity index (χ2n) is 4.78. The Balaban J connectivity index is 2.22. The predicted octanol–water partition coefficient (Wildman–Crippen LogP) is 3.72. The van der Waals surface area contributed by atoms with Gasteiger partial charge in [-0.1, -0.05) is 32.0 Å². The molecule has 2 aromatic rings. The van der Waals surface area contributed by atoms with Crippen molar-refractivity contribution in [3.05, 3.63) is 46.5 Å². The van der Waals surface area contributed by atoms with E-state index in [1.54, 1.807) is 30.5 Å². The van der Waals surface area contributed by atoms with Gasteiger partial charge in [0.15, 0.2) is 10.9 Å². The number of carbonyl (C=O) groups is 2. The zero-order valence-electron chi connectivity index (χ0n) is 11.6. The fourth-order valence-corrected chi connectivity index (χ4v) is 2.58. The van der Waals surface area contributed by atoms with Crippen molar-refractivity contribution in [2.75, 3.05) is 5.32 Å². The van der Waals surface area contributed by atoms with Gasteiger partial charge in [0.05, 0.1) is 5.56 Å². The molecule has 0 atom stereocenters. The van der Waals surface area contributed by atoms with Crippen molar-refractivity contribution in [2.45, 2.75) is 26.7 Å². The fourth-order valence-electron chi connectivity index (χ4n) is 1.76. The van der Waals surface area contributed by atoms with Crippen LogP contribution in [0.25, 0.3) is 0 Å². The molecule has 1 N–H and O–H groups in total. The van der Waals surface area contributed by atoms with E-state index in [9.17, 15) is 9.59 Å². The summed E-state index contributed by atoms with van der Waals surface area (Å²) in [6.45, 7) is 5.60. The van der Waals surface area contributed by atoms with Crippen molar-refractivity contribution >= 4 is 28.2 Å². The number of ketones is 1. The van der Waals surface area contributed by atoms with Gasteiger partial charge in [0, 0.05) is 16.6 Å². The molecule has 1 aromatic heterocycles. The van der Waals surface area contributed by atoms with Crippen LogP contribution in [-0.2, 0) is 0 Å².